The zero-order chi connectivity index (χ0) is 32.4. The second-order valence-electron chi connectivity index (χ2n) is 12.8. The average Bonchev–Trinajstić information content (AvgIpc) is 3.71. The van der Waals surface area contributed by atoms with Crippen molar-refractivity contribution < 1.29 is 14.4 Å². The Hall–Kier alpha value is -2.71. The molecule has 0 spiro atoms. The van der Waals surface area contributed by atoms with Gasteiger partial charge in [-0.3, -0.25) is 18.9 Å². The van der Waals surface area contributed by atoms with Crippen LogP contribution in [-0.4, -0.2) is 104 Å². The van der Waals surface area contributed by atoms with Crippen LogP contribution in [0.25, 0.3) is 28.3 Å². The molecule has 0 radical (unpaired) electrons. The molecule has 12 heteroatoms. The van der Waals surface area contributed by atoms with Crippen molar-refractivity contribution in [2.75, 3.05) is 0 Å². The van der Waals surface area contributed by atoms with E-state index in [9.17, 15) is 14.7 Å². The Balaban J connectivity index is 0.00000433. The Morgan fingerprint density at radius 1 is 1.04 bits per heavy atom. The molecular formula is C35H43KN6O5. The summed E-state index contributed by atoms with van der Waals surface area (Å²) in [6.45, 7) is 7.72. The van der Waals surface area contributed by atoms with Gasteiger partial charge in [-0.1, -0.05) is 74.0 Å². The van der Waals surface area contributed by atoms with E-state index in [-0.39, 0.29) is 75.2 Å². The van der Waals surface area contributed by atoms with Crippen LogP contribution in [0.3, 0.4) is 0 Å². The summed E-state index contributed by atoms with van der Waals surface area (Å²) in [5, 5.41) is 19.0. The number of hydrogen-bond acceptors (Lipinski definition) is 8. The molecular weight excluding hydrogens is 624 g/mol. The van der Waals surface area contributed by atoms with Gasteiger partial charge < -0.3 is 9.84 Å². The number of H-pyrrole nitrogens is 1. The number of nitrogens with one attached hydrogen (secondary N) is 1. The van der Waals surface area contributed by atoms with Crippen molar-refractivity contribution in [1.82, 2.24) is 29.3 Å². The normalized spacial score (nSPS) is 17.5. The first-order valence-corrected chi connectivity index (χ1v) is 16.3. The monoisotopic (exact) mass is 666 g/mol. The number of aryl methyl sites for hydroxylation is 1. The number of hydrogen-bond donors (Lipinski definition) is 2. The van der Waals surface area contributed by atoms with Gasteiger partial charge in [0.05, 0.1) is 23.5 Å². The van der Waals surface area contributed by atoms with Crippen molar-refractivity contribution in [3.63, 3.8) is 0 Å². The van der Waals surface area contributed by atoms with E-state index in [0.29, 0.717) is 24.4 Å². The van der Waals surface area contributed by atoms with E-state index < -0.39 is 11.4 Å². The van der Waals surface area contributed by atoms with Gasteiger partial charge in [0.1, 0.15) is 6.33 Å². The van der Waals surface area contributed by atoms with Gasteiger partial charge in [0.15, 0.2) is 5.82 Å². The van der Waals surface area contributed by atoms with Crippen LogP contribution in [0.5, 0.6) is 0 Å². The summed E-state index contributed by atoms with van der Waals surface area (Å²) >= 11 is 0. The maximum atomic E-state index is 14.4. The van der Waals surface area contributed by atoms with Crippen LogP contribution in [0.1, 0.15) is 89.1 Å². The van der Waals surface area contributed by atoms with Crippen molar-refractivity contribution in [3.05, 3.63) is 92.6 Å². The summed E-state index contributed by atoms with van der Waals surface area (Å²) in [5.41, 5.74) is 4.34. The number of fused-ring (bicyclic) bond motifs is 1. The molecule has 3 aromatic heterocycles. The summed E-state index contributed by atoms with van der Waals surface area (Å²) in [4.78, 5) is 33.2. The van der Waals surface area contributed by atoms with Gasteiger partial charge in [-0.05, 0) is 69.1 Å². The molecule has 47 heavy (non-hydrogen) atoms. The Morgan fingerprint density at radius 2 is 1.74 bits per heavy atom. The minimum atomic E-state index is -0.904. The Labute approximate surface area is 316 Å². The topological polar surface area (TPSA) is 141 Å². The van der Waals surface area contributed by atoms with E-state index in [0.717, 1.165) is 72.0 Å². The van der Waals surface area contributed by atoms with Crippen LogP contribution >= 0.6 is 0 Å². The number of nitrogens with zero attached hydrogens (tertiary/aromatic N) is 5. The van der Waals surface area contributed by atoms with Crippen molar-refractivity contribution in [1.29, 1.82) is 0 Å². The molecule has 2 N–H and O–H groups in total. The second-order valence-corrected chi connectivity index (χ2v) is 12.8. The van der Waals surface area contributed by atoms with E-state index in [1.165, 1.54) is 6.33 Å². The van der Waals surface area contributed by atoms with Gasteiger partial charge in [0.25, 0.3) is 5.56 Å². The summed E-state index contributed by atoms with van der Waals surface area (Å²) in [6, 6.07) is 15.8. The quantitative estimate of drug-likeness (QED) is 0.191. The molecule has 3 heterocycles. The Morgan fingerprint density at radius 3 is 2.36 bits per heavy atom. The fraction of sp³-hybridized carbons (Fsp3) is 0.457. The molecule has 1 aliphatic rings. The Kier molecular flexibility index (Phi) is 11.5. The molecule has 0 bridgehead atoms. The van der Waals surface area contributed by atoms with E-state index in [1.54, 1.807) is 13.8 Å². The molecule has 1 atom stereocenters. The van der Waals surface area contributed by atoms with Gasteiger partial charge in [-0.15, -0.1) is 0 Å². The average molecular weight is 667 g/mol. The first kappa shape index (κ1) is 35.6. The predicted molar refractivity (Wildman–Crippen MR) is 182 cm³/mol. The van der Waals surface area contributed by atoms with Crippen LogP contribution in [-0.2, 0) is 17.6 Å². The van der Waals surface area contributed by atoms with Gasteiger partial charge in [0.2, 0.25) is 5.78 Å². The van der Waals surface area contributed by atoms with Crippen LogP contribution in [0.15, 0.2) is 69.0 Å². The minimum absolute atomic E-state index is 0. The molecule has 0 saturated heterocycles. The van der Waals surface area contributed by atoms with Gasteiger partial charge >= 0.3 is 57.1 Å². The number of aromatic nitrogens is 6. The molecule has 1 fully saturated rings. The molecule has 0 amide bonds. The summed E-state index contributed by atoms with van der Waals surface area (Å²) in [7, 11) is 0. The molecule has 6 rings (SSSR count). The fourth-order valence-electron chi connectivity index (χ4n) is 6.81. The molecule has 1 saturated carbocycles. The van der Waals surface area contributed by atoms with Crippen molar-refractivity contribution in [2.24, 2.45) is 0 Å². The maximum absolute atomic E-state index is 14.4. The fourth-order valence-corrected chi connectivity index (χ4v) is 6.81. The van der Waals surface area contributed by atoms with E-state index in [4.69, 9.17) is 9.26 Å². The number of ether oxygens (including phenoxy) is 1. The zero-order valence-electron chi connectivity index (χ0n) is 26.9. The van der Waals surface area contributed by atoms with Gasteiger partial charge in [-0.25, -0.2) is 9.31 Å². The van der Waals surface area contributed by atoms with Crippen LogP contribution in [0, 0.1) is 0 Å². The first-order valence-electron chi connectivity index (χ1n) is 16.3. The SMILES string of the molecule is CCCc1c(Cc2ccc(-c3ccccc3-c3noc(=O)[nH]3)cc2)c(=O)n(C2CCC(OC(CC)C(C)(C)O)CC2)c2ncnn12.[KH]. The predicted octanol–water partition coefficient (Wildman–Crippen LogP) is 4.85. The third-order valence-corrected chi connectivity index (χ3v) is 9.11. The molecule has 1 unspecified atom stereocenters. The molecule has 0 aliphatic heterocycles. The van der Waals surface area contributed by atoms with E-state index in [1.807, 2.05) is 64.5 Å². The molecule has 2 aromatic carbocycles. The van der Waals surface area contributed by atoms with Crippen molar-refractivity contribution in [3.8, 4) is 22.5 Å². The third kappa shape index (κ3) is 7.64. The van der Waals surface area contributed by atoms with Crippen molar-refractivity contribution >= 4 is 57.2 Å². The van der Waals surface area contributed by atoms with Crippen LogP contribution < -0.4 is 11.3 Å². The van der Waals surface area contributed by atoms with E-state index >= 15 is 0 Å². The summed E-state index contributed by atoms with van der Waals surface area (Å²) in [5.74, 6) is 0.358. The zero-order valence-corrected chi connectivity index (χ0v) is 26.9. The van der Waals surface area contributed by atoms with Crippen LogP contribution in [0.2, 0.25) is 0 Å². The third-order valence-electron chi connectivity index (χ3n) is 9.11. The van der Waals surface area contributed by atoms with Gasteiger partial charge in [-0.2, -0.15) is 10.1 Å². The van der Waals surface area contributed by atoms with E-state index in [2.05, 4.69) is 27.1 Å². The number of benzene rings is 2. The Bertz CT molecular complexity index is 1910. The van der Waals surface area contributed by atoms with Gasteiger partial charge in [0, 0.05) is 23.6 Å². The molecule has 244 valence electrons. The standard InChI is InChI=1S/C35H42N6O5.K.H/c1-5-9-29-28(20-22-12-14-23(15-13-22)26-10-7-8-11-27(26)31-38-34(43)46-39-31)32(42)40(33-36-21-37-41(29)33)24-16-18-25(19-17-24)45-30(6-2)35(3,4)44;;/h7-8,10-15,21,24-25,30,44H,5-6,9,16-20H2,1-4H3,(H,38,39,43);;. The number of aromatic amines is 1. The second kappa shape index (κ2) is 15.2. The van der Waals surface area contributed by atoms with Crippen LogP contribution in [0.4, 0.5) is 0 Å². The molecule has 1 aliphatic carbocycles. The molecule has 11 nitrogen and oxygen atoms in total. The molecule has 5 aromatic rings. The summed E-state index contributed by atoms with van der Waals surface area (Å²) < 4.78 is 14.8. The number of aliphatic hydroxyl groups is 1. The first-order chi connectivity index (χ1) is 22.2. The summed E-state index contributed by atoms with van der Waals surface area (Å²) in [6.07, 6.45) is 7.31. The number of rotatable bonds is 11. The van der Waals surface area contributed by atoms with Crippen molar-refractivity contribution in [2.45, 2.75) is 103 Å².